The minimum Gasteiger partial charge on any atom is -0.352 e. The third-order valence-corrected chi connectivity index (χ3v) is 6.57. The lowest BCUT2D eigenvalue weighted by molar-refractivity contribution is -0.139. The zero-order valence-electron chi connectivity index (χ0n) is 19.3. The van der Waals surface area contributed by atoms with E-state index in [9.17, 15) is 22.4 Å². The van der Waals surface area contributed by atoms with E-state index in [4.69, 9.17) is 11.6 Å². The second-order valence-corrected chi connectivity index (χ2v) is 10.5. The van der Waals surface area contributed by atoms with Crippen molar-refractivity contribution in [3.8, 4) is 0 Å². The number of nitrogens with one attached hydrogen (secondary N) is 1. The molecule has 180 valence electrons. The molecule has 10 heteroatoms. The number of nitrogens with zero attached hydrogens (tertiary/aromatic N) is 2. The Hall–Kier alpha value is -2.65. The third kappa shape index (κ3) is 7.17. The first-order chi connectivity index (χ1) is 15.3. The number of sulfonamides is 1. The number of hydrogen-bond donors (Lipinski definition) is 1. The molecule has 2 aromatic rings. The third-order valence-electron chi connectivity index (χ3n) is 5.02. The summed E-state index contributed by atoms with van der Waals surface area (Å²) in [6, 6.07) is 9.42. The van der Waals surface area contributed by atoms with Crippen LogP contribution in [0.4, 0.5) is 10.1 Å². The van der Waals surface area contributed by atoms with Crippen molar-refractivity contribution in [2.75, 3.05) is 17.1 Å². The van der Waals surface area contributed by atoms with Crippen LogP contribution in [0.1, 0.15) is 31.9 Å². The topological polar surface area (TPSA) is 86.8 Å². The lowest BCUT2D eigenvalue weighted by Crippen LogP contribution is -2.52. The number of hydrogen-bond acceptors (Lipinski definition) is 4. The molecular weight excluding hydrogens is 469 g/mol. The van der Waals surface area contributed by atoms with Gasteiger partial charge in [0.1, 0.15) is 18.4 Å². The first-order valence-electron chi connectivity index (χ1n) is 10.4. The van der Waals surface area contributed by atoms with E-state index in [1.807, 2.05) is 0 Å². The van der Waals surface area contributed by atoms with E-state index in [0.717, 1.165) is 16.1 Å². The molecule has 0 fully saturated rings. The van der Waals surface area contributed by atoms with Crippen molar-refractivity contribution < 1.29 is 22.4 Å². The summed E-state index contributed by atoms with van der Waals surface area (Å²) in [5, 5.41) is 3.08. The van der Waals surface area contributed by atoms with Gasteiger partial charge in [-0.3, -0.25) is 13.9 Å². The van der Waals surface area contributed by atoms with Crippen LogP contribution in [-0.4, -0.2) is 50.0 Å². The Balaban J connectivity index is 2.43. The minimum absolute atomic E-state index is 0.174. The lowest BCUT2D eigenvalue weighted by Gasteiger charge is -2.32. The normalized spacial score (nSPS) is 12.4. The molecule has 0 aliphatic carbocycles. The molecule has 1 atom stereocenters. The predicted molar refractivity (Wildman–Crippen MR) is 128 cm³/mol. The van der Waals surface area contributed by atoms with E-state index >= 15 is 0 Å². The summed E-state index contributed by atoms with van der Waals surface area (Å²) in [4.78, 5) is 27.2. The molecule has 0 unspecified atom stereocenters. The van der Waals surface area contributed by atoms with Crippen LogP contribution in [0.5, 0.6) is 0 Å². The highest BCUT2D eigenvalue weighted by atomic mass is 35.5. The predicted octanol–water partition coefficient (Wildman–Crippen LogP) is 3.50. The number of carbonyl (C=O) groups excluding carboxylic acids is 2. The summed E-state index contributed by atoms with van der Waals surface area (Å²) in [6.45, 7) is 6.06. The molecule has 0 aromatic heterocycles. The Bertz CT molecular complexity index is 1120. The molecule has 0 heterocycles. The van der Waals surface area contributed by atoms with Gasteiger partial charge in [-0.05, 0) is 51.5 Å². The highest BCUT2D eigenvalue weighted by Crippen LogP contribution is 2.25. The van der Waals surface area contributed by atoms with Crippen LogP contribution in [-0.2, 0) is 26.2 Å². The molecule has 1 N–H and O–H groups in total. The van der Waals surface area contributed by atoms with Crippen molar-refractivity contribution in [2.45, 2.75) is 46.3 Å². The van der Waals surface area contributed by atoms with Gasteiger partial charge >= 0.3 is 0 Å². The van der Waals surface area contributed by atoms with Crippen molar-refractivity contribution in [1.82, 2.24) is 10.2 Å². The smallest absolute Gasteiger partial charge is 0.244 e. The van der Waals surface area contributed by atoms with Crippen LogP contribution in [0.25, 0.3) is 0 Å². The lowest BCUT2D eigenvalue weighted by atomic mass is 10.1. The van der Waals surface area contributed by atoms with E-state index in [0.29, 0.717) is 5.02 Å². The standard InChI is InChI=1S/C23H29ClFN3O4S/c1-15(2)26-23(30)17(4)27(13-18-8-6-7-9-21(18)25)22(29)14-28(33(5,31)32)19-11-10-16(3)20(24)12-19/h6-12,15,17H,13-14H2,1-5H3,(H,26,30)/t17-/m0/s1. The largest absolute Gasteiger partial charge is 0.352 e. The van der Waals surface area contributed by atoms with E-state index in [1.165, 1.54) is 36.1 Å². The van der Waals surface area contributed by atoms with Crippen LogP contribution >= 0.6 is 11.6 Å². The Morgan fingerprint density at radius 2 is 1.76 bits per heavy atom. The summed E-state index contributed by atoms with van der Waals surface area (Å²) in [5.74, 6) is -1.62. The number of benzene rings is 2. The number of rotatable bonds is 9. The molecule has 0 aliphatic heterocycles. The Morgan fingerprint density at radius 3 is 2.30 bits per heavy atom. The van der Waals surface area contributed by atoms with Crippen LogP contribution in [0.15, 0.2) is 42.5 Å². The van der Waals surface area contributed by atoms with E-state index < -0.39 is 40.2 Å². The quantitative estimate of drug-likeness (QED) is 0.574. The first-order valence-corrected chi connectivity index (χ1v) is 12.6. The maximum Gasteiger partial charge on any atom is 0.244 e. The Morgan fingerprint density at radius 1 is 1.12 bits per heavy atom. The van der Waals surface area contributed by atoms with Gasteiger partial charge in [0, 0.05) is 23.2 Å². The fraction of sp³-hybridized carbons (Fsp3) is 0.391. The van der Waals surface area contributed by atoms with Crippen molar-refractivity contribution >= 4 is 39.1 Å². The summed E-state index contributed by atoms with van der Waals surface area (Å²) in [6.07, 6.45) is 0.976. The van der Waals surface area contributed by atoms with Crippen LogP contribution in [0.2, 0.25) is 5.02 Å². The molecule has 0 bridgehead atoms. The molecular formula is C23H29ClFN3O4S. The molecule has 7 nitrogen and oxygen atoms in total. The summed E-state index contributed by atoms with van der Waals surface area (Å²) in [5.41, 5.74) is 1.17. The fourth-order valence-electron chi connectivity index (χ4n) is 3.15. The maximum absolute atomic E-state index is 14.3. The van der Waals surface area contributed by atoms with Gasteiger partial charge in [0.25, 0.3) is 0 Å². The summed E-state index contributed by atoms with van der Waals surface area (Å²) < 4.78 is 40.3. The van der Waals surface area contributed by atoms with Crippen molar-refractivity contribution in [1.29, 1.82) is 0 Å². The van der Waals surface area contributed by atoms with Crippen molar-refractivity contribution in [3.05, 3.63) is 64.4 Å². The van der Waals surface area contributed by atoms with Crippen molar-refractivity contribution in [3.63, 3.8) is 0 Å². The molecule has 33 heavy (non-hydrogen) atoms. The Kier molecular flexibility index (Phi) is 8.85. The highest BCUT2D eigenvalue weighted by Gasteiger charge is 2.30. The van der Waals surface area contributed by atoms with Gasteiger partial charge in [0.15, 0.2) is 0 Å². The molecule has 0 spiro atoms. The molecule has 0 aliphatic rings. The van der Waals surface area contributed by atoms with Gasteiger partial charge in [-0.1, -0.05) is 35.9 Å². The molecule has 0 radical (unpaired) electrons. The second-order valence-electron chi connectivity index (χ2n) is 8.16. The summed E-state index contributed by atoms with van der Waals surface area (Å²) >= 11 is 6.16. The van der Waals surface area contributed by atoms with Crippen LogP contribution in [0, 0.1) is 12.7 Å². The monoisotopic (exact) mass is 497 g/mol. The summed E-state index contributed by atoms with van der Waals surface area (Å²) in [7, 11) is -3.87. The molecule has 2 rings (SSSR count). The maximum atomic E-state index is 14.3. The average Bonchev–Trinajstić information content (AvgIpc) is 2.71. The number of carbonyl (C=O) groups is 2. The SMILES string of the molecule is Cc1ccc(N(CC(=O)N(Cc2ccccc2F)[C@@H](C)C(=O)NC(C)C)S(C)(=O)=O)cc1Cl. The Labute approximate surface area is 199 Å². The molecule has 2 amide bonds. The van der Waals surface area contributed by atoms with Gasteiger partial charge in [0.2, 0.25) is 21.8 Å². The molecule has 2 aromatic carbocycles. The second kappa shape index (κ2) is 11.0. The van der Waals surface area contributed by atoms with Gasteiger partial charge in [-0.2, -0.15) is 0 Å². The molecule has 0 saturated heterocycles. The first kappa shape index (κ1) is 26.6. The fourth-order valence-corrected chi connectivity index (χ4v) is 4.16. The van der Waals surface area contributed by atoms with Gasteiger partial charge < -0.3 is 10.2 Å². The van der Waals surface area contributed by atoms with E-state index in [1.54, 1.807) is 39.0 Å². The van der Waals surface area contributed by atoms with Gasteiger partial charge in [-0.15, -0.1) is 0 Å². The average molecular weight is 498 g/mol. The van der Waals surface area contributed by atoms with Crippen molar-refractivity contribution in [2.24, 2.45) is 0 Å². The number of anilines is 1. The number of amides is 2. The zero-order chi connectivity index (χ0) is 24.9. The van der Waals surface area contributed by atoms with E-state index in [2.05, 4.69) is 5.32 Å². The van der Waals surface area contributed by atoms with Gasteiger partial charge in [-0.25, -0.2) is 12.8 Å². The minimum atomic E-state index is -3.87. The zero-order valence-corrected chi connectivity index (χ0v) is 20.9. The number of halogens is 2. The number of aryl methyl sites for hydroxylation is 1. The van der Waals surface area contributed by atoms with Crippen LogP contribution < -0.4 is 9.62 Å². The van der Waals surface area contributed by atoms with Crippen LogP contribution in [0.3, 0.4) is 0 Å². The van der Waals surface area contributed by atoms with E-state index in [-0.39, 0.29) is 23.8 Å². The molecule has 0 saturated carbocycles. The van der Waals surface area contributed by atoms with Gasteiger partial charge in [0.05, 0.1) is 11.9 Å². The highest BCUT2D eigenvalue weighted by molar-refractivity contribution is 7.92.